The molecule has 4 nitrogen and oxygen atoms in total. The second-order valence-electron chi connectivity index (χ2n) is 4.03. The van der Waals surface area contributed by atoms with E-state index in [4.69, 9.17) is 10.3 Å². The summed E-state index contributed by atoms with van der Waals surface area (Å²) in [5.41, 5.74) is 7.71. The fourth-order valence-corrected chi connectivity index (χ4v) is 3.02. The fourth-order valence-electron chi connectivity index (χ4n) is 1.86. The number of thiazole rings is 1. The number of aryl methyl sites for hydroxylation is 1. The Morgan fingerprint density at radius 1 is 1.37 bits per heavy atom. The van der Waals surface area contributed by atoms with Gasteiger partial charge in [-0.05, 0) is 24.6 Å². The number of aromatic nitrogens is 2. The lowest BCUT2D eigenvalue weighted by molar-refractivity contribution is 0.437. The van der Waals surface area contributed by atoms with E-state index in [0.717, 1.165) is 25.5 Å². The summed E-state index contributed by atoms with van der Waals surface area (Å²) in [5, 5.41) is 4.85. The Labute approximate surface area is 122 Å². The number of halogens is 1. The smallest absolute Gasteiger partial charge is 0.188 e. The third-order valence-corrected chi connectivity index (χ3v) is 4.08. The van der Waals surface area contributed by atoms with E-state index in [9.17, 15) is 0 Å². The van der Waals surface area contributed by atoms with Crippen LogP contribution in [0.25, 0.3) is 21.8 Å². The predicted molar refractivity (Wildman–Crippen MR) is 79.9 cm³/mol. The Kier molecular flexibility index (Phi) is 3.12. The van der Waals surface area contributed by atoms with Gasteiger partial charge in [-0.2, -0.15) is 0 Å². The van der Waals surface area contributed by atoms with Crippen molar-refractivity contribution in [2.75, 3.05) is 5.73 Å². The van der Waals surface area contributed by atoms with Gasteiger partial charge in [0.25, 0.3) is 0 Å². The number of hydrogen-bond acceptors (Lipinski definition) is 5. The number of rotatable bonds is 2. The van der Waals surface area contributed by atoms with E-state index in [0.29, 0.717) is 11.6 Å². The van der Waals surface area contributed by atoms with Crippen LogP contribution >= 0.6 is 27.3 Å². The molecule has 0 fully saturated rings. The average Bonchev–Trinajstić information content (AvgIpc) is 2.95. The van der Waals surface area contributed by atoms with Crippen molar-refractivity contribution in [3.05, 3.63) is 39.9 Å². The molecule has 0 saturated carbocycles. The summed E-state index contributed by atoms with van der Waals surface area (Å²) in [7, 11) is 0. The molecule has 2 aromatic heterocycles. The van der Waals surface area contributed by atoms with E-state index in [2.05, 4.69) is 26.1 Å². The van der Waals surface area contributed by atoms with Crippen LogP contribution in [-0.4, -0.2) is 10.1 Å². The summed E-state index contributed by atoms with van der Waals surface area (Å²) in [5.74, 6) is 1.06. The normalized spacial score (nSPS) is 10.8. The lowest BCUT2D eigenvalue weighted by Crippen LogP contribution is -1.88. The van der Waals surface area contributed by atoms with Crippen LogP contribution < -0.4 is 5.73 Å². The summed E-state index contributed by atoms with van der Waals surface area (Å²) in [6.45, 7) is 1.95. The molecule has 0 atom stereocenters. The maximum Gasteiger partial charge on any atom is 0.188 e. The zero-order valence-electron chi connectivity index (χ0n) is 10.1. The fraction of sp³-hybridized carbons (Fsp3) is 0.0769. The van der Waals surface area contributed by atoms with Gasteiger partial charge < -0.3 is 10.3 Å². The quantitative estimate of drug-likeness (QED) is 0.765. The Hall–Kier alpha value is -1.66. The minimum absolute atomic E-state index is 0.388. The summed E-state index contributed by atoms with van der Waals surface area (Å²) < 4.78 is 6.35. The number of benzene rings is 1. The van der Waals surface area contributed by atoms with Gasteiger partial charge in [-0.1, -0.05) is 33.2 Å². The Morgan fingerprint density at radius 2 is 2.21 bits per heavy atom. The second kappa shape index (κ2) is 4.79. The van der Waals surface area contributed by atoms with Crippen molar-refractivity contribution < 1.29 is 4.52 Å². The minimum Gasteiger partial charge on any atom is -0.380 e. The summed E-state index contributed by atoms with van der Waals surface area (Å²) in [6.07, 6.45) is 1.78. The minimum atomic E-state index is 0.388. The summed E-state index contributed by atoms with van der Waals surface area (Å²) in [6, 6.07) is 7.88. The first kappa shape index (κ1) is 12.4. The Balaban J connectivity index is 2.19. The molecule has 0 aliphatic heterocycles. The highest BCUT2D eigenvalue weighted by molar-refractivity contribution is 9.10. The molecule has 2 heterocycles. The Morgan fingerprint density at radius 3 is 2.89 bits per heavy atom. The third-order valence-electron chi connectivity index (χ3n) is 2.68. The number of nitrogen functional groups attached to an aromatic ring is 1. The maximum atomic E-state index is 5.93. The first-order chi connectivity index (χ1) is 9.15. The molecule has 0 radical (unpaired) electrons. The van der Waals surface area contributed by atoms with Gasteiger partial charge in [-0.3, -0.25) is 0 Å². The molecule has 0 aliphatic carbocycles. The highest BCUT2D eigenvalue weighted by Crippen LogP contribution is 2.39. The molecule has 3 rings (SSSR count). The summed E-state index contributed by atoms with van der Waals surface area (Å²) in [4.78, 5) is 5.16. The van der Waals surface area contributed by atoms with Crippen LogP contribution in [0, 0.1) is 6.92 Å². The van der Waals surface area contributed by atoms with Gasteiger partial charge in [0.1, 0.15) is 0 Å². The SMILES string of the molecule is Cc1ncc(-c2onc(N)c2-c2cccc(Br)c2)s1. The zero-order chi connectivity index (χ0) is 13.4. The average molecular weight is 336 g/mol. The highest BCUT2D eigenvalue weighted by atomic mass is 79.9. The molecule has 0 aliphatic rings. The summed E-state index contributed by atoms with van der Waals surface area (Å²) >= 11 is 5.01. The molecule has 0 unspecified atom stereocenters. The number of nitrogens with zero attached hydrogens (tertiary/aromatic N) is 2. The molecule has 0 spiro atoms. The molecule has 19 heavy (non-hydrogen) atoms. The third kappa shape index (κ3) is 2.29. The highest BCUT2D eigenvalue weighted by Gasteiger charge is 2.19. The van der Waals surface area contributed by atoms with Crippen LogP contribution in [0.4, 0.5) is 5.82 Å². The van der Waals surface area contributed by atoms with Crippen LogP contribution in [0.1, 0.15) is 5.01 Å². The predicted octanol–water partition coefficient (Wildman–Crippen LogP) is 4.12. The molecule has 1 aromatic carbocycles. The van der Waals surface area contributed by atoms with Crippen LogP contribution in [0.5, 0.6) is 0 Å². The van der Waals surface area contributed by atoms with Gasteiger partial charge >= 0.3 is 0 Å². The first-order valence-electron chi connectivity index (χ1n) is 5.59. The van der Waals surface area contributed by atoms with E-state index < -0.39 is 0 Å². The Bertz CT molecular complexity index is 735. The van der Waals surface area contributed by atoms with Crippen molar-refractivity contribution in [1.82, 2.24) is 10.1 Å². The number of hydrogen-bond donors (Lipinski definition) is 1. The molecule has 6 heteroatoms. The topological polar surface area (TPSA) is 64.9 Å². The maximum absolute atomic E-state index is 5.93. The van der Waals surface area contributed by atoms with Gasteiger partial charge in [0.05, 0.1) is 15.4 Å². The van der Waals surface area contributed by atoms with Crippen molar-refractivity contribution in [2.45, 2.75) is 6.92 Å². The largest absolute Gasteiger partial charge is 0.380 e. The molecule has 3 aromatic rings. The van der Waals surface area contributed by atoms with Crippen LogP contribution in [0.2, 0.25) is 0 Å². The van der Waals surface area contributed by atoms with Crippen molar-refractivity contribution in [3.8, 4) is 21.8 Å². The monoisotopic (exact) mass is 335 g/mol. The lowest BCUT2D eigenvalue weighted by atomic mass is 10.1. The molecule has 0 amide bonds. The van der Waals surface area contributed by atoms with Gasteiger partial charge in [0.2, 0.25) is 0 Å². The van der Waals surface area contributed by atoms with Crippen molar-refractivity contribution >= 4 is 33.1 Å². The van der Waals surface area contributed by atoms with Crippen LogP contribution in [0.15, 0.2) is 39.5 Å². The van der Waals surface area contributed by atoms with E-state index in [1.165, 1.54) is 0 Å². The molecule has 0 saturated heterocycles. The van der Waals surface area contributed by atoms with Crippen molar-refractivity contribution in [2.24, 2.45) is 0 Å². The molecule has 2 N–H and O–H groups in total. The molecule has 0 bridgehead atoms. The van der Waals surface area contributed by atoms with Crippen molar-refractivity contribution in [3.63, 3.8) is 0 Å². The van der Waals surface area contributed by atoms with Crippen LogP contribution in [0.3, 0.4) is 0 Å². The molecule has 96 valence electrons. The number of nitrogens with two attached hydrogens (primary N) is 1. The number of anilines is 1. The lowest BCUT2D eigenvalue weighted by Gasteiger charge is -2.01. The molecular weight excluding hydrogens is 326 g/mol. The van der Waals surface area contributed by atoms with E-state index in [1.54, 1.807) is 17.5 Å². The first-order valence-corrected chi connectivity index (χ1v) is 7.20. The van der Waals surface area contributed by atoms with E-state index >= 15 is 0 Å². The molecular formula is C13H10BrN3OS. The zero-order valence-corrected chi connectivity index (χ0v) is 12.5. The van der Waals surface area contributed by atoms with Crippen molar-refractivity contribution in [1.29, 1.82) is 0 Å². The van der Waals surface area contributed by atoms with E-state index in [-0.39, 0.29) is 0 Å². The van der Waals surface area contributed by atoms with Crippen LogP contribution in [-0.2, 0) is 0 Å². The van der Waals surface area contributed by atoms with Gasteiger partial charge in [0, 0.05) is 10.7 Å². The van der Waals surface area contributed by atoms with Gasteiger partial charge in [-0.15, -0.1) is 11.3 Å². The van der Waals surface area contributed by atoms with Gasteiger partial charge in [-0.25, -0.2) is 4.98 Å². The second-order valence-corrected chi connectivity index (χ2v) is 6.18. The van der Waals surface area contributed by atoms with E-state index in [1.807, 2.05) is 31.2 Å². The van der Waals surface area contributed by atoms with Gasteiger partial charge in [0.15, 0.2) is 11.6 Å². The standard InChI is InChI=1S/C13H10BrN3OS/c1-7-16-6-10(19-7)12-11(13(15)17-18-12)8-3-2-4-9(14)5-8/h2-6H,1H3,(H2,15,17).